The van der Waals surface area contributed by atoms with Gasteiger partial charge in [0.2, 0.25) is 5.89 Å². The van der Waals surface area contributed by atoms with Crippen LogP contribution >= 0.6 is 11.8 Å². The fraction of sp³-hybridized carbons (Fsp3) is 0.667. The predicted octanol–water partition coefficient (Wildman–Crippen LogP) is 0.931. The van der Waals surface area contributed by atoms with Crippen LogP contribution in [0.1, 0.15) is 24.0 Å². The van der Waals surface area contributed by atoms with Crippen LogP contribution in [0.4, 0.5) is 0 Å². The SMILES string of the molecule is O=c1[nH]nc(C2CCCS2)o1. The summed E-state index contributed by atoms with van der Waals surface area (Å²) in [5, 5.41) is 6.33. The van der Waals surface area contributed by atoms with Crippen molar-refractivity contribution in [2.75, 3.05) is 5.75 Å². The third-order valence-corrected chi connectivity index (χ3v) is 3.02. The van der Waals surface area contributed by atoms with Crippen molar-refractivity contribution < 1.29 is 4.42 Å². The van der Waals surface area contributed by atoms with E-state index in [-0.39, 0.29) is 0 Å². The summed E-state index contributed by atoms with van der Waals surface area (Å²) in [7, 11) is 0. The van der Waals surface area contributed by atoms with Crippen molar-refractivity contribution in [1.29, 1.82) is 0 Å². The zero-order chi connectivity index (χ0) is 7.68. The third-order valence-electron chi connectivity index (χ3n) is 1.66. The van der Waals surface area contributed by atoms with E-state index in [0.717, 1.165) is 12.2 Å². The average Bonchev–Trinajstić information content (AvgIpc) is 2.55. The Kier molecular flexibility index (Phi) is 1.73. The first-order valence-electron chi connectivity index (χ1n) is 3.53. The summed E-state index contributed by atoms with van der Waals surface area (Å²) in [6.45, 7) is 0. The van der Waals surface area contributed by atoms with E-state index in [9.17, 15) is 4.79 Å². The fourth-order valence-corrected chi connectivity index (χ4v) is 2.35. The van der Waals surface area contributed by atoms with Crippen molar-refractivity contribution in [3.8, 4) is 0 Å². The third kappa shape index (κ3) is 1.33. The summed E-state index contributed by atoms with van der Waals surface area (Å²) < 4.78 is 4.82. The second-order valence-electron chi connectivity index (χ2n) is 2.45. The van der Waals surface area contributed by atoms with Crippen molar-refractivity contribution in [3.63, 3.8) is 0 Å². The lowest BCUT2D eigenvalue weighted by Gasteiger charge is -1.98. The van der Waals surface area contributed by atoms with Crippen molar-refractivity contribution in [3.05, 3.63) is 16.4 Å². The zero-order valence-corrected chi connectivity index (χ0v) is 6.69. The topological polar surface area (TPSA) is 58.9 Å². The van der Waals surface area contributed by atoms with Gasteiger partial charge in [0.15, 0.2) is 0 Å². The highest BCUT2D eigenvalue weighted by Gasteiger charge is 2.22. The lowest BCUT2D eigenvalue weighted by atomic mass is 10.2. The Morgan fingerprint density at radius 3 is 3.18 bits per heavy atom. The Morgan fingerprint density at radius 2 is 2.64 bits per heavy atom. The summed E-state index contributed by atoms with van der Waals surface area (Å²) >= 11 is 1.79. The summed E-state index contributed by atoms with van der Waals surface area (Å²) in [6.07, 6.45) is 2.25. The highest BCUT2D eigenvalue weighted by Crippen LogP contribution is 2.38. The van der Waals surface area contributed by atoms with E-state index >= 15 is 0 Å². The van der Waals surface area contributed by atoms with Crippen molar-refractivity contribution in [2.45, 2.75) is 18.1 Å². The van der Waals surface area contributed by atoms with Crippen LogP contribution in [0.25, 0.3) is 0 Å². The monoisotopic (exact) mass is 172 g/mol. The maximum absolute atomic E-state index is 10.6. The summed E-state index contributed by atoms with van der Waals surface area (Å²) in [5.74, 6) is 1.24. The van der Waals surface area contributed by atoms with Gasteiger partial charge in [-0.3, -0.25) is 0 Å². The maximum atomic E-state index is 10.6. The molecule has 1 aliphatic rings. The summed E-state index contributed by atoms with van der Waals surface area (Å²) in [4.78, 5) is 10.6. The van der Waals surface area contributed by atoms with E-state index in [2.05, 4.69) is 10.2 Å². The van der Waals surface area contributed by atoms with Crippen LogP contribution in [0.15, 0.2) is 9.21 Å². The van der Waals surface area contributed by atoms with E-state index in [1.165, 1.54) is 6.42 Å². The van der Waals surface area contributed by atoms with Gasteiger partial charge in [0.25, 0.3) is 0 Å². The van der Waals surface area contributed by atoms with Crippen molar-refractivity contribution >= 4 is 11.8 Å². The van der Waals surface area contributed by atoms with Gasteiger partial charge in [-0.25, -0.2) is 9.89 Å². The molecule has 0 amide bonds. The van der Waals surface area contributed by atoms with E-state index in [4.69, 9.17) is 4.42 Å². The molecule has 1 unspecified atom stereocenters. The number of H-pyrrole nitrogens is 1. The minimum atomic E-state index is -0.451. The van der Waals surface area contributed by atoms with Gasteiger partial charge < -0.3 is 4.42 Å². The second-order valence-corrected chi connectivity index (χ2v) is 3.76. The molecule has 0 spiro atoms. The molecule has 2 heterocycles. The Hall–Kier alpha value is -0.710. The first-order chi connectivity index (χ1) is 5.36. The van der Waals surface area contributed by atoms with Gasteiger partial charge in [-0.1, -0.05) is 0 Å². The molecule has 1 atom stereocenters. The van der Waals surface area contributed by atoms with Crippen LogP contribution in [0.3, 0.4) is 0 Å². The number of aromatic nitrogens is 2. The Bertz CT molecular complexity index is 287. The number of nitrogens with zero attached hydrogens (tertiary/aromatic N) is 1. The standard InChI is InChI=1S/C6H8N2O2S/c9-6-8-7-5(10-6)4-2-1-3-11-4/h4H,1-3H2,(H,8,9). The van der Waals surface area contributed by atoms with Crippen LogP contribution in [-0.2, 0) is 0 Å². The molecule has 0 bridgehead atoms. The van der Waals surface area contributed by atoms with Gasteiger partial charge >= 0.3 is 5.76 Å². The largest absolute Gasteiger partial charge is 0.434 e. The number of aromatic amines is 1. The Morgan fingerprint density at radius 1 is 1.73 bits per heavy atom. The van der Waals surface area contributed by atoms with Gasteiger partial charge in [-0.15, -0.1) is 16.9 Å². The minimum absolute atomic E-state index is 0.300. The molecule has 5 heteroatoms. The molecule has 1 N–H and O–H groups in total. The van der Waals surface area contributed by atoms with E-state index in [0.29, 0.717) is 11.1 Å². The molecular formula is C6H8N2O2S. The predicted molar refractivity (Wildman–Crippen MR) is 41.6 cm³/mol. The number of thioether (sulfide) groups is 1. The van der Waals surface area contributed by atoms with Gasteiger partial charge in [0.05, 0.1) is 5.25 Å². The van der Waals surface area contributed by atoms with Gasteiger partial charge in [0, 0.05) is 0 Å². The summed E-state index contributed by atoms with van der Waals surface area (Å²) in [6, 6.07) is 0. The van der Waals surface area contributed by atoms with Crippen molar-refractivity contribution in [2.24, 2.45) is 0 Å². The lowest BCUT2D eigenvalue weighted by molar-refractivity contribution is 0.455. The lowest BCUT2D eigenvalue weighted by Crippen LogP contribution is -1.94. The molecule has 11 heavy (non-hydrogen) atoms. The molecular weight excluding hydrogens is 164 g/mol. The Balaban J connectivity index is 2.21. The normalized spacial score (nSPS) is 24.2. The van der Waals surface area contributed by atoms with Gasteiger partial charge in [-0.2, -0.15) is 0 Å². The Labute approximate surface area is 67.4 Å². The molecule has 0 aliphatic carbocycles. The average molecular weight is 172 g/mol. The van der Waals surface area contributed by atoms with Crippen molar-refractivity contribution in [1.82, 2.24) is 10.2 Å². The fourth-order valence-electron chi connectivity index (χ4n) is 1.15. The quantitative estimate of drug-likeness (QED) is 0.684. The minimum Gasteiger partial charge on any atom is -0.391 e. The van der Waals surface area contributed by atoms with Crippen LogP contribution in [-0.4, -0.2) is 16.0 Å². The van der Waals surface area contributed by atoms with Crippen LogP contribution < -0.4 is 5.76 Å². The smallest absolute Gasteiger partial charge is 0.391 e. The van der Waals surface area contributed by atoms with E-state index < -0.39 is 5.76 Å². The first kappa shape index (κ1) is 6.97. The number of hydrogen-bond acceptors (Lipinski definition) is 4. The number of nitrogens with one attached hydrogen (secondary N) is 1. The molecule has 1 aromatic rings. The number of rotatable bonds is 1. The van der Waals surface area contributed by atoms with Gasteiger partial charge in [0.1, 0.15) is 0 Å². The van der Waals surface area contributed by atoms with Crippen LogP contribution in [0.5, 0.6) is 0 Å². The zero-order valence-electron chi connectivity index (χ0n) is 5.87. The molecule has 4 nitrogen and oxygen atoms in total. The molecule has 1 saturated heterocycles. The summed E-state index contributed by atoms with van der Waals surface area (Å²) in [5.41, 5.74) is 0. The van der Waals surface area contributed by atoms with Gasteiger partial charge in [-0.05, 0) is 18.6 Å². The van der Waals surface area contributed by atoms with E-state index in [1.54, 1.807) is 11.8 Å². The highest BCUT2D eigenvalue weighted by molar-refractivity contribution is 7.99. The second kappa shape index (κ2) is 2.73. The van der Waals surface area contributed by atoms with Crippen LogP contribution in [0.2, 0.25) is 0 Å². The van der Waals surface area contributed by atoms with E-state index in [1.807, 2.05) is 0 Å². The highest BCUT2D eigenvalue weighted by atomic mass is 32.2. The first-order valence-corrected chi connectivity index (χ1v) is 4.58. The molecule has 1 aliphatic heterocycles. The molecule has 0 aromatic carbocycles. The molecule has 1 aromatic heterocycles. The molecule has 2 rings (SSSR count). The molecule has 0 radical (unpaired) electrons. The maximum Gasteiger partial charge on any atom is 0.434 e. The molecule has 60 valence electrons. The molecule has 0 saturated carbocycles. The molecule has 1 fully saturated rings. The number of hydrogen-bond donors (Lipinski definition) is 1. The van der Waals surface area contributed by atoms with Crippen LogP contribution in [0, 0.1) is 0 Å².